The molecular formula is C13H11N5. The lowest BCUT2D eigenvalue weighted by atomic mass is 10.1. The summed E-state index contributed by atoms with van der Waals surface area (Å²) in [6.45, 7) is 0.688. The maximum atomic E-state index is 4.65. The molecule has 5 heteroatoms. The summed E-state index contributed by atoms with van der Waals surface area (Å²) in [4.78, 5) is 9.64. The number of hydrogen-bond acceptors (Lipinski definition) is 4. The number of amidine groups is 1. The van der Waals surface area contributed by atoms with Crippen molar-refractivity contribution in [3.05, 3.63) is 48.2 Å². The molecular weight excluding hydrogens is 226 g/mol. The number of nitrogens with zero attached hydrogens (tertiary/aromatic N) is 4. The number of anilines is 1. The highest BCUT2D eigenvalue weighted by Gasteiger charge is 2.28. The van der Waals surface area contributed by atoms with E-state index in [0.29, 0.717) is 6.67 Å². The second-order valence-electron chi connectivity index (χ2n) is 4.25. The summed E-state index contributed by atoms with van der Waals surface area (Å²) in [5.41, 5.74) is 2.05. The molecule has 1 N–H and O–H groups in total. The number of hydrazone groups is 1. The zero-order valence-corrected chi connectivity index (χ0v) is 9.61. The maximum absolute atomic E-state index is 4.65. The second-order valence-corrected chi connectivity index (χ2v) is 4.25. The smallest absolute Gasteiger partial charge is 0.165 e. The van der Waals surface area contributed by atoms with Gasteiger partial charge in [-0.3, -0.25) is 4.90 Å². The number of para-hydroxylation sites is 1. The van der Waals surface area contributed by atoms with Crippen LogP contribution < -0.4 is 5.01 Å². The van der Waals surface area contributed by atoms with Crippen LogP contribution in [0.3, 0.4) is 0 Å². The van der Waals surface area contributed by atoms with Gasteiger partial charge in [-0.2, -0.15) is 5.10 Å². The van der Waals surface area contributed by atoms with Crippen molar-refractivity contribution in [2.75, 3.05) is 11.7 Å². The Hall–Kier alpha value is -2.56. The Balaban J connectivity index is 1.80. The number of aromatic nitrogens is 1. The molecule has 4 rings (SSSR count). The highest BCUT2D eigenvalue weighted by molar-refractivity contribution is 6.11. The molecule has 0 atom stereocenters. The molecule has 2 aromatic rings. The van der Waals surface area contributed by atoms with Crippen molar-refractivity contribution in [3.63, 3.8) is 0 Å². The summed E-state index contributed by atoms with van der Waals surface area (Å²) < 4.78 is 0. The van der Waals surface area contributed by atoms with Gasteiger partial charge in [0.25, 0.3) is 0 Å². The third kappa shape index (κ3) is 1.27. The SMILES string of the molecule is C1=Nc2ccccc2C2=NN(c3ccc[nH]3)CN12. The van der Waals surface area contributed by atoms with Gasteiger partial charge >= 0.3 is 0 Å². The molecule has 0 saturated carbocycles. The van der Waals surface area contributed by atoms with E-state index in [1.807, 2.05) is 52.8 Å². The minimum Gasteiger partial charge on any atom is -0.347 e. The number of aliphatic imine (C=N–C) groups is 1. The fraction of sp³-hybridized carbons (Fsp3) is 0.0769. The van der Waals surface area contributed by atoms with E-state index in [9.17, 15) is 0 Å². The van der Waals surface area contributed by atoms with Crippen LogP contribution in [0.4, 0.5) is 11.5 Å². The third-order valence-corrected chi connectivity index (χ3v) is 3.11. The number of fused-ring (bicyclic) bond motifs is 3. The molecule has 0 spiro atoms. The van der Waals surface area contributed by atoms with Crippen molar-refractivity contribution >= 4 is 23.7 Å². The maximum Gasteiger partial charge on any atom is 0.165 e. The predicted octanol–water partition coefficient (Wildman–Crippen LogP) is 2.13. The first-order valence-electron chi connectivity index (χ1n) is 5.81. The molecule has 2 aliphatic rings. The average Bonchev–Trinajstić information content (AvgIpc) is 3.07. The quantitative estimate of drug-likeness (QED) is 0.825. The van der Waals surface area contributed by atoms with Gasteiger partial charge < -0.3 is 4.98 Å². The van der Waals surface area contributed by atoms with Crippen LogP contribution in [0.1, 0.15) is 5.56 Å². The number of aromatic amines is 1. The van der Waals surface area contributed by atoms with Crippen LogP contribution in [0.2, 0.25) is 0 Å². The van der Waals surface area contributed by atoms with E-state index >= 15 is 0 Å². The van der Waals surface area contributed by atoms with E-state index in [0.717, 1.165) is 22.9 Å². The van der Waals surface area contributed by atoms with Crippen LogP contribution in [0, 0.1) is 0 Å². The van der Waals surface area contributed by atoms with Gasteiger partial charge in [-0.1, -0.05) is 12.1 Å². The van der Waals surface area contributed by atoms with Crippen molar-refractivity contribution in [1.29, 1.82) is 0 Å². The van der Waals surface area contributed by atoms with E-state index in [-0.39, 0.29) is 0 Å². The van der Waals surface area contributed by atoms with E-state index in [1.165, 1.54) is 0 Å². The van der Waals surface area contributed by atoms with Crippen LogP contribution in [-0.4, -0.2) is 28.7 Å². The van der Waals surface area contributed by atoms with E-state index in [1.54, 1.807) is 0 Å². The van der Waals surface area contributed by atoms with Gasteiger partial charge in [0, 0.05) is 11.8 Å². The van der Waals surface area contributed by atoms with Crippen molar-refractivity contribution in [3.8, 4) is 0 Å². The molecule has 1 aromatic carbocycles. The highest BCUT2D eigenvalue weighted by Crippen LogP contribution is 2.28. The summed E-state index contributed by atoms with van der Waals surface area (Å²) in [6.07, 6.45) is 3.74. The Morgan fingerprint density at radius 3 is 2.94 bits per heavy atom. The lowest BCUT2D eigenvalue weighted by Crippen LogP contribution is -2.31. The standard InChI is InChI=1S/C13H11N5/c1-2-5-11-10(4-1)13-16-18(9-17(13)8-15-11)12-6-3-7-14-12/h1-8,14H,9H2. The van der Waals surface area contributed by atoms with Crippen LogP contribution in [0.5, 0.6) is 0 Å². The third-order valence-electron chi connectivity index (χ3n) is 3.11. The van der Waals surface area contributed by atoms with Gasteiger partial charge in [-0.05, 0) is 24.3 Å². The minimum atomic E-state index is 0.688. The normalized spacial score (nSPS) is 16.6. The molecule has 0 fully saturated rings. The topological polar surface area (TPSA) is 47.0 Å². The molecule has 0 aliphatic carbocycles. The van der Waals surface area contributed by atoms with Gasteiger partial charge in [0.05, 0.1) is 12.0 Å². The van der Waals surface area contributed by atoms with Gasteiger partial charge in [-0.15, -0.1) is 0 Å². The molecule has 1 aromatic heterocycles. The first-order valence-corrected chi connectivity index (χ1v) is 5.81. The molecule has 88 valence electrons. The molecule has 0 saturated heterocycles. The lowest BCUT2D eigenvalue weighted by Gasteiger charge is -2.19. The number of benzene rings is 1. The monoisotopic (exact) mass is 237 g/mol. The first kappa shape index (κ1) is 9.47. The lowest BCUT2D eigenvalue weighted by molar-refractivity contribution is 0.648. The summed E-state index contributed by atoms with van der Waals surface area (Å²) in [5.74, 6) is 1.94. The average molecular weight is 237 g/mol. The number of rotatable bonds is 1. The Bertz CT molecular complexity index is 641. The molecule has 0 amide bonds. The summed E-state index contributed by atoms with van der Waals surface area (Å²) in [5, 5.41) is 6.58. The van der Waals surface area contributed by atoms with Crippen molar-refractivity contribution < 1.29 is 0 Å². The van der Waals surface area contributed by atoms with Crippen molar-refractivity contribution in [2.45, 2.75) is 0 Å². The van der Waals surface area contributed by atoms with Crippen LogP contribution >= 0.6 is 0 Å². The predicted molar refractivity (Wildman–Crippen MR) is 71.1 cm³/mol. The van der Waals surface area contributed by atoms with E-state index in [4.69, 9.17) is 0 Å². The first-order chi connectivity index (χ1) is 8.92. The zero-order valence-electron chi connectivity index (χ0n) is 9.61. The molecule has 2 aliphatic heterocycles. The molecule has 0 unspecified atom stereocenters. The molecule has 0 bridgehead atoms. The molecule has 3 heterocycles. The fourth-order valence-electron chi connectivity index (χ4n) is 2.23. The van der Waals surface area contributed by atoms with Crippen LogP contribution in [0.15, 0.2) is 52.7 Å². The number of hydrogen-bond donors (Lipinski definition) is 1. The Morgan fingerprint density at radius 1 is 1.11 bits per heavy atom. The molecule has 5 nitrogen and oxygen atoms in total. The van der Waals surface area contributed by atoms with Crippen LogP contribution in [0.25, 0.3) is 0 Å². The fourth-order valence-corrected chi connectivity index (χ4v) is 2.23. The van der Waals surface area contributed by atoms with Gasteiger partial charge in [0.15, 0.2) is 5.84 Å². The molecule has 0 radical (unpaired) electrons. The minimum absolute atomic E-state index is 0.688. The van der Waals surface area contributed by atoms with Gasteiger partial charge in [0.1, 0.15) is 12.5 Å². The molecule has 18 heavy (non-hydrogen) atoms. The Kier molecular flexibility index (Phi) is 1.82. The number of H-pyrrole nitrogens is 1. The van der Waals surface area contributed by atoms with Crippen molar-refractivity contribution in [2.24, 2.45) is 10.1 Å². The summed E-state index contributed by atoms with van der Waals surface area (Å²) in [7, 11) is 0. The second kappa shape index (κ2) is 3.46. The Morgan fingerprint density at radius 2 is 2.06 bits per heavy atom. The van der Waals surface area contributed by atoms with E-state index in [2.05, 4.69) is 21.1 Å². The van der Waals surface area contributed by atoms with Crippen molar-refractivity contribution in [1.82, 2.24) is 9.88 Å². The van der Waals surface area contributed by atoms with Crippen LogP contribution in [-0.2, 0) is 0 Å². The largest absolute Gasteiger partial charge is 0.347 e. The Labute approximate surface area is 104 Å². The summed E-state index contributed by atoms with van der Waals surface area (Å²) in [6, 6.07) is 12.0. The number of nitrogens with one attached hydrogen (secondary N) is 1. The van der Waals surface area contributed by atoms with Gasteiger partial charge in [0.2, 0.25) is 0 Å². The van der Waals surface area contributed by atoms with E-state index < -0.39 is 0 Å². The zero-order chi connectivity index (χ0) is 11.9. The highest BCUT2D eigenvalue weighted by atomic mass is 15.6. The summed E-state index contributed by atoms with van der Waals surface area (Å²) >= 11 is 0. The van der Waals surface area contributed by atoms with Gasteiger partial charge in [-0.25, -0.2) is 10.0 Å².